The Kier molecular flexibility index (Phi) is 19200. The average molecular weight is 1630 g/mol. The molecule has 0 radical (unpaired) electrons. The summed E-state index contributed by atoms with van der Waals surface area (Å²) in [6.07, 6.45) is 0. The third kappa shape index (κ3) is 641. The average Bonchev–Trinajstić information content (AvgIpc) is 0. The number of hydrogen-bond acceptors (Lipinski definition) is 0. The van der Waals surface area contributed by atoms with Gasteiger partial charge in [0.15, 0.2) is 0 Å². The van der Waals surface area contributed by atoms with Crippen molar-refractivity contribution in [3.05, 3.63) is 55.4 Å². The van der Waals surface area contributed by atoms with E-state index < -0.39 is 0 Å². The van der Waals surface area contributed by atoms with Crippen molar-refractivity contribution in [1.29, 1.82) is 0 Å². The molecule has 18 nitrogen and oxygen atoms in total. The minimum atomic E-state index is 0. The summed E-state index contributed by atoms with van der Waals surface area (Å²) in [6.45, 7) is 0. The first kappa shape index (κ1) is 765. The van der Waals surface area contributed by atoms with Gasteiger partial charge in [0.2, 0.25) is 0 Å². The van der Waals surface area contributed by atoms with Crippen LogP contribution in [0.3, 0.4) is 0 Å². The molecule has 0 bridgehead atoms. The van der Waals surface area contributed by atoms with Gasteiger partial charge in [-0.3, -0.25) is 0 Å². The molecule has 0 saturated heterocycles. The van der Waals surface area contributed by atoms with Gasteiger partial charge < -0.3 is 105 Å². The van der Waals surface area contributed by atoms with E-state index in [-0.39, 0.29) is 348 Å². The first-order valence-electron chi connectivity index (χ1n) is 0. The fraction of sp³-hybridized carbons (Fsp3) is 0. The van der Waals surface area contributed by atoms with Crippen LogP contribution in [0.15, 0.2) is 0 Å². The predicted octanol–water partition coefficient (Wildman–Crippen LogP) is 1.50. The van der Waals surface area contributed by atoms with Gasteiger partial charge in [0, 0.05) is 0 Å². The van der Waals surface area contributed by atoms with Crippen LogP contribution in [-0.4, -0.2) is 0 Å². The second-order valence-electron chi connectivity index (χ2n) is 0. The second kappa shape index (κ2) is 701. The molecule has 0 saturated carbocycles. The zero-order valence-corrected chi connectivity index (χ0v) is 40.8. The van der Waals surface area contributed by atoms with Crippen LogP contribution < -0.4 is 0 Å². The van der Waals surface area contributed by atoms with Gasteiger partial charge in [-0.2, -0.15) is 0 Å². The van der Waals surface area contributed by atoms with Crippen LogP contribution in [0.1, 0.15) is 0 Å². The zero-order valence-electron chi connectivity index (χ0n) is 12.4. The monoisotopic (exact) mass is 1620 g/mol. The van der Waals surface area contributed by atoms with E-state index in [1.165, 1.54) is 0 Å². The van der Waals surface area contributed by atoms with Crippen molar-refractivity contribution in [3.63, 3.8) is 0 Å². The summed E-state index contributed by atoms with van der Waals surface area (Å²) in [7, 11) is 0. The first-order valence-corrected chi connectivity index (χ1v) is 0. The summed E-state index contributed by atoms with van der Waals surface area (Å²) < 4.78 is 0. The maximum Gasteiger partial charge on any atom is 5.00 e. The van der Waals surface area contributed by atoms with Gasteiger partial charge in [0.1, 0.15) is 0 Å². The van der Waals surface area contributed by atoms with Gasteiger partial charge in [0.05, 0.1) is 0 Å². The van der Waals surface area contributed by atoms with E-state index >= 15 is 0 Å². The summed E-state index contributed by atoms with van der Waals surface area (Å²) in [5.41, 5.74) is 0. The summed E-state index contributed by atoms with van der Waals surface area (Å²) >= 11 is 0. The van der Waals surface area contributed by atoms with Gasteiger partial charge >= 0.3 is 243 Å². The van der Waals surface area contributed by atoms with E-state index in [0.29, 0.717) is 0 Å². The fourth-order valence-electron chi connectivity index (χ4n) is 0. The van der Waals surface area contributed by atoms with E-state index in [9.17, 15) is 0 Å². The van der Waals surface area contributed by atoms with Crippen molar-refractivity contribution >= 4 is 0 Å². The van der Waals surface area contributed by atoms with Crippen LogP contribution in [0, 0.1) is 0 Å². The number of nitrogens with zero attached hydrogens (tertiary/aromatic N) is 9. The maximum absolute atomic E-state index is 0. The van der Waals surface area contributed by atoms with Gasteiger partial charge in [-0.25, -0.2) is 0 Å². The molecule has 0 aromatic rings. The van der Waals surface area contributed by atoms with E-state index in [2.05, 4.69) is 0 Å². The predicted molar refractivity (Wildman–Crippen MR) is 36.4 cm³/mol. The van der Waals surface area contributed by atoms with E-state index in [0.717, 1.165) is 0 Å². The van der Waals surface area contributed by atoms with Crippen molar-refractivity contribution in [2.45, 2.75) is 0 Å². The van der Waals surface area contributed by atoms with Crippen molar-refractivity contribution in [2.24, 2.45) is 0 Å². The molecule has 0 fully saturated rings. The Labute approximate surface area is 340 Å². The molecule has 0 aliphatic heterocycles. The minimum absolute atomic E-state index is 0. The van der Waals surface area contributed by atoms with E-state index in [4.69, 9.17) is 0 Å². The van der Waals surface area contributed by atoms with Crippen LogP contribution >= 0.6 is 0 Å². The molecule has 0 aromatic heterocycles. The molecule has 0 atom stereocenters. The van der Waals surface area contributed by atoms with Crippen LogP contribution in [0.25, 0.3) is 55.4 Å². The Hall–Kier alpha value is 7.40. The van der Waals surface area contributed by atoms with Crippen LogP contribution in [0.5, 0.6) is 0 Å². The maximum atomic E-state index is 0. The van der Waals surface area contributed by atoms with Gasteiger partial charge in [-0.1, -0.05) is 0 Å². The van der Waals surface area contributed by atoms with Gasteiger partial charge in [-0.05, 0) is 0 Å². The minimum Gasteiger partial charge on any atom is -3.00 e. The zero-order chi connectivity index (χ0) is 0. The summed E-state index contributed by atoms with van der Waals surface area (Å²) in [4.78, 5) is 0. The second-order valence-corrected chi connectivity index (χ2v) is 0. The molecule has 0 rings (SSSR count). The Bertz CT molecular complexity index is 54.3. The molecule has 0 unspecified atom stereocenters. The Balaban J connectivity index is 0. The standard InChI is InChI=1S/9N.9O.5Ta.5Zr/q9*-3;9*-2;5*+5;5*+4. The molecule has 0 N–H and O–H groups in total. The summed E-state index contributed by atoms with van der Waals surface area (Å²) in [5.74, 6) is 0. The SMILES string of the molecule is [N-3].[N-3].[N-3].[N-3].[N-3].[N-3].[N-3].[N-3].[N-3].[O-2].[O-2].[O-2].[O-2].[O-2].[O-2].[O-2].[O-2].[O-2].[Ta+5].[Ta+5].[Ta+5].[Ta+5].[Ta+5].[Zr+4].[Zr+4].[Zr+4].[Zr+4].[Zr+4]. The van der Waals surface area contributed by atoms with Crippen LogP contribution in [0.4, 0.5) is 0 Å². The molecule has 0 heterocycles. The van der Waals surface area contributed by atoms with Gasteiger partial charge in [0.25, 0.3) is 0 Å². The molecule has 0 spiro atoms. The van der Waals surface area contributed by atoms with Crippen molar-refractivity contribution < 1.29 is 292 Å². The largest absolute Gasteiger partial charge is 5.00 e. The third-order valence-electron chi connectivity index (χ3n) is 0. The van der Waals surface area contributed by atoms with E-state index in [1.54, 1.807) is 0 Å². The summed E-state index contributed by atoms with van der Waals surface area (Å²) in [6, 6.07) is 0. The number of hydrogen-bond donors (Lipinski definition) is 0. The topological polar surface area (TPSA) is 531 Å². The third-order valence-corrected chi connectivity index (χ3v) is 0. The van der Waals surface area contributed by atoms with Crippen LogP contribution in [0.2, 0.25) is 0 Å². The molecule has 28 heteroatoms. The van der Waals surface area contributed by atoms with Crippen LogP contribution in [-0.2, 0) is 292 Å². The molecule has 0 aromatic carbocycles. The Morgan fingerprint density at radius 1 is 0.143 bits per heavy atom. The Morgan fingerprint density at radius 2 is 0.143 bits per heavy atom. The molecule has 144 valence electrons. The Morgan fingerprint density at radius 3 is 0.143 bits per heavy atom. The molecular weight excluding hydrogens is 1630 g/mol. The van der Waals surface area contributed by atoms with Gasteiger partial charge in [-0.15, -0.1) is 0 Å². The molecule has 0 aliphatic rings. The fourth-order valence-corrected chi connectivity index (χ4v) is 0. The quantitative estimate of drug-likeness (QED) is 0.333. The number of rotatable bonds is 0. The normalized spacial score (nSPS) is 0. The smallest absolute Gasteiger partial charge is 3.00 e. The van der Waals surface area contributed by atoms with Crippen molar-refractivity contribution in [1.82, 2.24) is 0 Å². The molecule has 28 heavy (non-hydrogen) atoms. The first-order chi connectivity index (χ1) is 0. The summed E-state index contributed by atoms with van der Waals surface area (Å²) in [5, 5.41) is 0. The molecular formula is N9O9Ta5Zr5. The van der Waals surface area contributed by atoms with Crippen molar-refractivity contribution in [3.8, 4) is 0 Å². The molecule has 0 aliphatic carbocycles. The van der Waals surface area contributed by atoms with Crippen molar-refractivity contribution in [2.75, 3.05) is 0 Å². The molecule has 0 amide bonds. The van der Waals surface area contributed by atoms with E-state index in [1.807, 2.05) is 0 Å².